The highest BCUT2D eigenvalue weighted by Crippen LogP contribution is 2.41. The summed E-state index contributed by atoms with van der Waals surface area (Å²) in [6.45, 7) is 20.6. The Labute approximate surface area is 296 Å². The predicted octanol–water partition coefficient (Wildman–Crippen LogP) is 10.8. The highest BCUT2D eigenvalue weighted by Gasteiger charge is 2.37. The molecule has 2 saturated heterocycles. The number of alkyl halides is 3. The van der Waals surface area contributed by atoms with Gasteiger partial charge in [-0.25, -0.2) is 4.98 Å². The predicted molar refractivity (Wildman–Crippen MR) is 201 cm³/mol. The largest absolute Gasteiger partial charge is 0.421 e. The number of amidine groups is 1. The van der Waals surface area contributed by atoms with E-state index in [2.05, 4.69) is 71.7 Å². The molecule has 0 atom stereocenters. The van der Waals surface area contributed by atoms with Crippen LogP contribution in [0.5, 0.6) is 0 Å². The van der Waals surface area contributed by atoms with E-state index in [4.69, 9.17) is 5.73 Å². The van der Waals surface area contributed by atoms with Crippen LogP contribution in [0.15, 0.2) is 35.2 Å². The van der Waals surface area contributed by atoms with Crippen molar-refractivity contribution in [3.8, 4) is 0 Å². The Morgan fingerprint density at radius 3 is 2.10 bits per heavy atom. The maximum atomic E-state index is 13.7. The van der Waals surface area contributed by atoms with E-state index >= 15 is 0 Å². The van der Waals surface area contributed by atoms with Gasteiger partial charge in [-0.15, -0.1) is 0 Å². The number of hydrogen-bond donors (Lipinski definition) is 3. The average Bonchev–Trinajstić information content (AvgIpc) is 3.91. The molecule has 0 aromatic carbocycles. The number of fused-ring (bicyclic) bond motifs is 3. The second kappa shape index (κ2) is 22.1. The molecule has 280 valence electrons. The van der Waals surface area contributed by atoms with Crippen LogP contribution in [0.2, 0.25) is 0 Å². The zero-order valence-corrected chi connectivity index (χ0v) is 31.8. The van der Waals surface area contributed by atoms with Crippen molar-refractivity contribution in [2.24, 2.45) is 28.5 Å². The Balaban J connectivity index is 0.000000732. The Hall–Kier alpha value is -2.78. The van der Waals surface area contributed by atoms with Crippen LogP contribution < -0.4 is 16.4 Å². The molecule has 2 aliphatic heterocycles. The van der Waals surface area contributed by atoms with E-state index in [1.807, 2.05) is 20.0 Å². The third-order valence-electron chi connectivity index (χ3n) is 9.77. The fourth-order valence-corrected chi connectivity index (χ4v) is 7.05. The molecule has 0 unspecified atom stereocenters. The highest BCUT2D eigenvalue weighted by atomic mass is 19.4. The molecule has 10 heteroatoms. The Kier molecular flexibility index (Phi) is 19.1. The van der Waals surface area contributed by atoms with Crippen LogP contribution in [0.4, 0.5) is 24.9 Å². The van der Waals surface area contributed by atoms with Crippen molar-refractivity contribution in [1.82, 2.24) is 20.2 Å². The smallest absolute Gasteiger partial charge is 0.388 e. The molecule has 2 bridgehead atoms. The van der Waals surface area contributed by atoms with Crippen molar-refractivity contribution in [1.29, 1.82) is 0 Å². The molecule has 4 N–H and O–H groups in total. The number of aliphatic imine (C=N–C) groups is 1. The lowest BCUT2D eigenvalue weighted by atomic mass is 9.78. The van der Waals surface area contributed by atoms with E-state index in [9.17, 15) is 13.2 Å². The maximum absolute atomic E-state index is 13.7. The number of nitrogens with one attached hydrogen (secondary N) is 2. The molecule has 0 spiro atoms. The van der Waals surface area contributed by atoms with Gasteiger partial charge >= 0.3 is 6.18 Å². The molecule has 2 aliphatic carbocycles. The van der Waals surface area contributed by atoms with Crippen molar-refractivity contribution in [3.05, 3.63) is 35.8 Å². The normalized spacial score (nSPS) is 19.4. The summed E-state index contributed by atoms with van der Waals surface area (Å²) in [7, 11) is 0. The monoisotopic (exact) mass is 692 g/mol. The van der Waals surface area contributed by atoms with Crippen molar-refractivity contribution in [2.45, 2.75) is 163 Å². The molecule has 1 aromatic heterocycles. The van der Waals surface area contributed by atoms with Gasteiger partial charge in [0, 0.05) is 48.8 Å². The first-order valence-electron chi connectivity index (χ1n) is 19.5. The summed E-state index contributed by atoms with van der Waals surface area (Å²) in [4.78, 5) is 14.7. The van der Waals surface area contributed by atoms with Gasteiger partial charge in [-0.3, -0.25) is 0 Å². The van der Waals surface area contributed by atoms with E-state index < -0.39 is 11.7 Å². The van der Waals surface area contributed by atoms with E-state index in [1.165, 1.54) is 57.1 Å². The molecule has 7 nitrogen and oxygen atoms in total. The van der Waals surface area contributed by atoms with Crippen LogP contribution >= 0.6 is 0 Å². The van der Waals surface area contributed by atoms with Crippen LogP contribution in [-0.2, 0) is 6.18 Å². The van der Waals surface area contributed by atoms with Crippen LogP contribution in [0, 0.1) is 17.8 Å². The number of anilines is 1. The zero-order chi connectivity index (χ0) is 36.4. The van der Waals surface area contributed by atoms with E-state index in [1.54, 1.807) is 0 Å². The van der Waals surface area contributed by atoms with Crippen LogP contribution in [0.1, 0.15) is 150 Å². The van der Waals surface area contributed by atoms with E-state index in [-0.39, 0.29) is 17.6 Å². The van der Waals surface area contributed by atoms with Gasteiger partial charge in [-0.1, -0.05) is 93.6 Å². The molecular formula is C39H68F3N7. The second-order valence-electron chi connectivity index (χ2n) is 13.9. The van der Waals surface area contributed by atoms with E-state index in [0.717, 1.165) is 62.8 Å². The summed E-state index contributed by atoms with van der Waals surface area (Å²) in [5.74, 6) is 1.74. The molecule has 0 amide bonds. The standard InChI is InChI=1S/C29H44F3N7.C8H18.C2H6/c1-4-7-22(8-5-2)35-17-24(21-9-10-21)26(33)37-28-36-18-25(29(30,31)32)27(38-28)34-15-6-16-39-19(3)20-11-13-23(39)14-12-20;1-4-6-8(3)7-5-2;1-2/h17-18,20-23,35H,3-16H2,1-2H3,(H3,33,34,36,37,38);8H,4-7H2,1-3H3;1-2H3/b24-17-;;. The van der Waals surface area contributed by atoms with Gasteiger partial charge < -0.3 is 21.3 Å². The maximum Gasteiger partial charge on any atom is 0.421 e. The third-order valence-corrected chi connectivity index (χ3v) is 9.77. The van der Waals surface area contributed by atoms with Crippen LogP contribution in [0.25, 0.3) is 0 Å². The van der Waals surface area contributed by atoms with Crippen LogP contribution in [0.3, 0.4) is 0 Å². The number of hydrogen-bond acceptors (Lipinski definition) is 6. The minimum atomic E-state index is -4.58. The average molecular weight is 692 g/mol. The van der Waals surface area contributed by atoms with Gasteiger partial charge in [0.25, 0.3) is 5.95 Å². The van der Waals surface area contributed by atoms with Gasteiger partial charge in [0.05, 0.1) is 0 Å². The molecule has 49 heavy (non-hydrogen) atoms. The number of rotatable bonds is 18. The molecule has 5 rings (SSSR count). The number of nitrogens with two attached hydrogens (primary N) is 1. The number of aromatic nitrogens is 2. The fourth-order valence-electron chi connectivity index (χ4n) is 7.05. The first-order chi connectivity index (χ1) is 23.5. The highest BCUT2D eigenvalue weighted by molar-refractivity contribution is 5.99. The number of piperidine rings is 2. The van der Waals surface area contributed by atoms with Crippen molar-refractivity contribution in [3.63, 3.8) is 0 Å². The van der Waals surface area contributed by atoms with Crippen molar-refractivity contribution in [2.75, 3.05) is 18.4 Å². The Morgan fingerprint density at radius 2 is 1.59 bits per heavy atom. The van der Waals surface area contributed by atoms with Gasteiger partial charge in [-0.05, 0) is 75.5 Å². The second-order valence-corrected chi connectivity index (χ2v) is 13.9. The van der Waals surface area contributed by atoms with E-state index in [0.29, 0.717) is 36.9 Å². The topological polar surface area (TPSA) is 91.5 Å². The SMILES string of the molecule is C=C1C2CCC(CC2)N1CCCNc1nc(/N=C(N)/C(=C\NC(CCC)CCC)C2CC2)ncc1C(F)(F)F.CC.CCCC(C)CCC. The molecule has 3 heterocycles. The molecular weight excluding hydrogens is 623 g/mol. The number of nitrogens with zero attached hydrogens (tertiary/aromatic N) is 4. The number of allylic oxidation sites excluding steroid dienone is 1. The molecule has 0 radical (unpaired) electrons. The van der Waals surface area contributed by atoms with Crippen molar-refractivity contribution >= 4 is 17.6 Å². The fraction of sp³-hybridized carbons (Fsp3) is 0.769. The van der Waals surface area contributed by atoms with Crippen LogP contribution in [-0.4, -0.2) is 45.9 Å². The minimum Gasteiger partial charge on any atom is -0.388 e. The summed E-state index contributed by atoms with van der Waals surface area (Å²) >= 11 is 0. The van der Waals surface area contributed by atoms with Gasteiger partial charge in [0.15, 0.2) is 0 Å². The lowest BCUT2D eigenvalue weighted by Crippen LogP contribution is -2.46. The summed E-state index contributed by atoms with van der Waals surface area (Å²) in [5.41, 5.74) is 7.51. The number of halogens is 3. The molecule has 4 aliphatic rings. The van der Waals surface area contributed by atoms with Gasteiger partial charge in [0.1, 0.15) is 17.2 Å². The molecule has 2 saturated carbocycles. The Morgan fingerprint density at radius 1 is 1.00 bits per heavy atom. The lowest BCUT2D eigenvalue weighted by Gasteiger charge is -2.48. The summed E-state index contributed by atoms with van der Waals surface area (Å²) in [6.07, 6.45) is 15.4. The summed E-state index contributed by atoms with van der Waals surface area (Å²) in [6, 6.07) is 0.871. The Bertz CT molecular complexity index is 1140. The lowest BCUT2D eigenvalue weighted by molar-refractivity contribution is -0.137. The minimum absolute atomic E-state index is 0.0741. The van der Waals surface area contributed by atoms with Gasteiger partial charge in [-0.2, -0.15) is 23.1 Å². The molecule has 4 fully saturated rings. The molecule has 1 aromatic rings. The summed E-state index contributed by atoms with van der Waals surface area (Å²) in [5, 5.41) is 6.39. The summed E-state index contributed by atoms with van der Waals surface area (Å²) < 4.78 is 41.2. The quantitative estimate of drug-likeness (QED) is 0.0806. The van der Waals surface area contributed by atoms with Crippen molar-refractivity contribution < 1.29 is 13.2 Å². The van der Waals surface area contributed by atoms with Gasteiger partial charge in [0.2, 0.25) is 0 Å². The first-order valence-corrected chi connectivity index (χ1v) is 19.5. The first kappa shape index (κ1) is 42.4. The zero-order valence-electron chi connectivity index (χ0n) is 31.8. The third kappa shape index (κ3) is 14.2.